The molecule has 1 heterocycles. The molecular weight excluding hydrogens is 325 g/mol. The van der Waals surface area contributed by atoms with Crippen molar-refractivity contribution in [3.8, 4) is 0 Å². The molecule has 0 aromatic heterocycles. The zero-order valence-electron chi connectivity index (χ0n) is 10.1. The summed E-state index contributed by atoms with van der Waals surface area (Å²) in [5.74, 6) is 0.946. The van der Waals surface area contributed by atoms with E-state index in [1.807, 2.05) is 6.07 Å². The van der Waals surface area contributed by atoms with Crippen LogP contribution in [0.1, 0.15) is 25.3 Å². The third-order valence-corrected chi connectivity index (χ3v) is 2.88. The molecule has 0 fully saturated rings. The minimum atomic E-state index is 0. The number of hydrogen-bond donors (Lipinski definition) is 2. The molecule has 1 atom stereocenters. The first-order chi connectivity index (χ1) is 7.88. The molecule has 2 rings (SSSR count). The summed E-state index contributed by atoms with van der Waals surface area (Å²) >= 11 is 0. The Hall–Kier alpha value is -0.780. The standard InChI is InChI=1S/C13H19N3.HI/c1-2-12-8-9-14-13(16-12)15-10-11-6-4-3-5-7-11;/h3-7,12H,2,8-10H2,1H3,(H2,14,15,16);1H. The summed E-state index contributed by atoms with van der Waals surface area (Å²) in [6.45, 7) is 3.98. The molecular formula is C13H20IN3. The van der Waals surface area contributed by atoms with E-state index in [4.69, 9.17) is 0 Å². The molecule has 1 aliphatic heterocycles. The van der Waals surface area contributed by atoms with Gasteiger partial charge in [-0.3, -0.25) is 4.99 Å². The second-order valence-corrected chi connectivity index (χ2v) is 4.11. The van der Waals surface area contributed by atoms with E-state index in [0.29, 0.717) is 6.04 Å². The summed E-state index contributed by atoms with van der Waals surface area (Å²) in [6.07, 6.45) is 2.30. The van der Waals surface area contributed by atoms with Gasteiger partial charge >= 0.3 is 0 Å². The van der Waals surface area contributed by atoms with Crippen LogP contribution < -0.4 is 10.6 Å². The van der Waals surface area contributed by atoms with Gasteiger partial charge in [-0.15, -0.1) is 24.0 Å². The van der Waals surface area contributed by atoms with Gasteiger partial charge in [0.1, 0.15) is 0 Å². The van der Waals surface area contributed by atoms with E-state index >= 15 is 0 Å². The maximum absolute atomic E-state index is 4.44. The highest BCUT2D eigenvalue weighted by atomic mass is 127. The topological polar surface area (TPSA) is 36.4 Å². The summed E-state index contributed by atoms with van der Waals surface area (Å²) in [6, 6.07) is 11.0. The molecule has 0 aliphatic carbocycles. The van der Waals surface area contributed by atoms with Crippen molar-refractivity contribution < 1.29 is 0 Å². The number of hydrogen-bond acceptors (Lipinski definition) is 3. The fourth-order valence-electron chi connectivity index (χ4n) is 1.84. The summed E-state index contributed by atoms with van der Waals surface area (Å²) < 4.78 is 0. The SMILES string of the molecule is CCC1CCN=C(NCc2ccccc2)N1.I. The van der Waals surface area contributed by atoms with E-state index in [-0.39, 0.29) is 24.0 Å². The minimum Gasteiger partial charge on any atom is -0.354 e. The van der Waals surface area contributed by atoms with Gasteiger partial charge in [0.2, 0.25) is 0 Å². The molecule has 1 aromatic carbocycles. The molecule has 1 unspecified atom stereocenters. The first-order valence-corrected chi connectivity index (χ1v) is 5.97. The highest BCUT2D eigenvalue weighted by molar-refractivity contribution is 14.0. The highest BCUT2D eigenvalue weighted by Gasteiger charge is 2.12. The van der Waals surface area contributed by atoms with Crippen molar-refractivity contribution in [1.82, 2.24) is 10.6 Å². The fraction of sp³-hybridized carbons (Fsp3) is 0.462. The van der Waals surface area contributed by atoms with Gasteiger partial charge in [-0.25, -0.2) is 0 Å². The average Bonchev–Trinajstić information content (AvgIpc) is 2.38. The molecule has 4 heteroatoms. The molecule has 0 radical (unpaired) electrons. The van der Waals surface area contributed by atoms with E-state index < -0.39 is 0 Å². The van der Waals surface area contributed by atoms with Crippen LogP contribution in [0.5, 0.6) is 0 Å². The van der Waals surface area contributed by atoms with Crippen molar-refractivity contribution in [1.29, 1.82) is 0 Å². The number of benzene rings is 1. The van der Waals surface area contributed by atoms with E-state index in [0.717, 1.165) is 31.9 Å². The van der Waals surface area contributed by atoms with Gasteiger partial charge in [0.15, 0.2) is 5.96 Å². The molecule has 0 bridgehead atoms. The lowest BCUT2D eigenvalue weighted by molar-refractivity contribution is 0.517. The molecule has 2 N–H and O–H groups in total. The minimum absolute atomic E-state index is 0. The number of halogens is 1. The first-order valence-electron chi connectivity index (χ1n) is 5.97. The summed E-state index contributed by atoms with van der Waals surface area (Å²) in [5, 5.41) is 6.75. The quantitative estimate of drug-likeness (QED) is 0.826. The second-order valence-electron chi connectivity index (χ2n) is 4.11. The van der Waals surface area contributed by atoms with Crippen molar-refractivity contribution in [2.45, 2.75) is 32.4 Å². The number of nitrogens with zero attached hydrogens (tertiary/aromatic N) is 1. The average molecular weight is 345 g/mol. The Balaban J connectivity index is 0.00000144. The van der Waals surface area contributed by atoms with Crippen molar-refractivity contribution >= 4 is 29.9 Å². The van der Waals surface area contributed by atoms with Crippen LogP contribution in [0.15, 0.2) is 35.3 Å². The molecule has 17 heavy (non-hydrogen) atoms. The zero-order chi connectivity index (χ0) is 11.2. The monoisotopic (exact) mass is 345 g/mol. The van der Waals surface area contributed by atoms with Crippen LogP contribution in [0.2, 0.25) is 0 Å². The Morgan fingerprint density at radius 3 is 2.82 bits per heavy atom. The molecule has 0 saturated heterocycles. The van der Waals surface area contributed by atoms with Gasteiger partial charge in [-0.1, -0.05) is 37.3 Å². The van der Waals surface area contributed by atoms with E-state index in [1.54, 1.807) is 0 Å². The van der Waals surface area contributed by atoms with Crippen LogP contribution in [0.25, 0.3) is 0 Å². The van der Waals surface area contributed by atoms with Crippen molar-refractivity contribution in [3.63, 3.8) is 0 Å². The van der Waals surface area contributed by atoms with Crippen LogP contribution in [0.3, 0.4) is 0 Å². The summed E-state index contributed by atoms with van der Waals surface area (Å²) in [7, 11) is 0. The van der Waals surface area contributed by atoms with Crippen molar-refractivity contribution in [2.75, 3.05) is 6.54 Å². The lowest BCUT2D eigenvalue weighted by Crippen LogP contribution is -2.46. The van der Waals surface area contributed by atoms with Gasteiger partial charge in [-0.05, 0) is 18.4 Å². The van der Waals surface area contributed by atoms with Crippen LogP contribution in [0, 0.1) is 0 Å². The maximum atomic E-state index is 4.44. The Morgan fingerprint density at radius 1 is 1.35 bits per heavy atom. The van der Waals surface area contributed by atoms with Crippen molar-refractivity contribution in [2.24, 2.45) is 4.99 Å². The van der Waals surface area contributed by atoms with Gasteiger partial charge in [0.05, 0.1) is 0 Å². The van der Waals surface area contributed by atoms with E-state index in [9.17, 15) is 0 Å². The largest absolute Gasteiger partial charge is 0.354 e. The van der Waals surface area contributed by atoms with Gasteiger partial charge in [-0.2, -0.15) is 0 Å². The van der Waals surface area contributed by atoms with E-state index in [1.165, 1.54) is 5.56 Å². The normalized spacial score (nSPS) is 18.6. The Bertz CT molecular complexity index is 351. The second kappa shape index (κ2) is 7.53. The van der Waals surface area contributed by atoms with Crippen LogP contribution >= 0.6 is 24.0 Å². The predicted molar refractivity (Wildman–Crippen MR) is 82.8 cm³/mol. The lowest BCUT2D eigenvalue weighted by Gasteiger charge is -2.24. The smallest absolute Gasteiger partial charge is 0.191 e. The highest BCUT2D eigenvalue weighted by Crippen LogP contribution is 2.03. The van der Waals surface area contributed by atoms with Gasteiger partial charge in [0, 0.05) is 19.1 Å². The first kappa shape index (κ1) is 14.3. The Kier molecular flexibility index (Phi) is 6.32. The molecule has 3 nitrogen and oxygen atoms in total. The third kappa shape index (κ3) is 4.53. The molecule has 94 valence electrons. The number of guanidine groups is 1. The summed E-state index contributed by atoms with van der Waals surface area (Å²) in [4.78, 5) is 4.44. The lowest BCUT2D eigenvalue weighted by atomic mass is 10.1. The third-order valence-electron chi connectivity index (χ3n) is 2.88. The van der Waals surface area contributed by atoms with Crippen LogP contribution in [-0.2, 0) is 6.54 Å². The number of rotatable bonds is 3. The maximum Gasteiger partial charge on any atom is 0.191 e. The number of nitrogens with one attached hydrogen (secondary N) is 2. The fourth-order valence-corrected chi connectivity index (χ4v) is 1.84. The molecule has 0 amide bonds. The molecule has 1 aliphatic rings. The van der Waals surface area contributed by atoms with Crippen LogP contribution in [0.4, 0.5) is 0 Å². The zero-order valence-corrected chi connectivity index (χ0v) is 12.5. The summed E-state index contributed by atoms with van der Waals surface area (Å²) in [5.41, 5.74) is 1.28. The van der Waals surface area contributed by atoms with Crippen molar-refractivity contribution in [3.05, 3.63) is 35.9 Å². The van der Waals surface area contributed by atoms with Crippen LogP contribution in [-0.4, -0.2) is 18.5 Å². The van der Waals surface area contributed by atoms with Gasteiger partial charge < -0.3 is 10.6 Å². The Morgan fingerprint density at radius 2 is 2.12 bits per heavy atom. The molecule has 0 saturated carbocycles. The van der Waals surface area contributed by atoms with Gasteiger partial charge in [0.25, 0.3) is 0 Å². The number of aliphatic imine (C=N–C) groups is 1. The Labute approximate surface area is 120 Å². The van der Waals surface area contributed by atoms with E-state index in [2.05, 4.69) is 46.8 Å². The predicted octanol–water partition coefficient (Wildman–Crippen LogP) is 2.52. The molecule has 1 aromatic rings. The molecule has 0 spiro atoms.